The lowest BCUT2D eigenvalue weighted by Gasteiger charge is -2.57. The summed E-state index contributed by atoms with van der Waals surface area (Å²) in [5.74, 6) is 0. The van der Waals surface area contributed by atoms with Crippen LogP contribution >= 0.6 is 0 Å². The van der Waals surface area contributed by atoms with E-state index in [2.05, 4.69) is 13.8 Å². The third-order valence-electron chi connectivity index (χ3n) is 5.64. The lowest BCUT2D eigenvalue weighted by atomic mass is 9.55. The van der Waals surface area contributed by atoms with Crippen LogP contribution < -0.4 is 5.73 Å². The summed E-state index contributed by atoms with van der Waals surface area (Å²) in [7, 11) is 0. The van der Waals surface area contributed by atoms with Crippen molar-refractivity contribution < 1.29 is 9.47 Å². The first-order chi connectivity index (χ1) is 9.10. The number of hydrogen-bond acceptors (Lipinski definition) is 3. The van der Waals surface area contributed by atoms with Crippen molar-refractivity contribution in [2.24, 2.45) is 11.1 Å². The van der Waals surface area contributed by atoms with Gasteiger partial charge in [-0.1, -0.05) is 19.3 Å². The van der Waals surface area contributed by atoms with Crippen LogP contribution in [-0.4, -0.2) is 30.5 Å². The van der Waals surface area contributed by atoms with Gasteiger partial charge in [-0.3, -0.25) is 0 Å². The third kappa shape index (κ3) is 2.57. The second kappa shape index (κ2) is 5.34. The standard InChI is InChI=1S/C16H29NO2/c1-11-8-13(9-12(2)18-11)19-15-10-14(17)16(15)6-4-3-5-7-16/h11-15H,3-10,17H2,1-2H3. The highest BCUT2D eigenvalue weighted by Crippen LogP contribution is 2.53. The lowest BCUT2D eigenvalue weighted by Crippen LogP contribution is -2.63. The zero-order valence-corrected chi connectivity index (χ0v) is 12.4. The van der Waals surface area contributed by atoms with Crippen LogP contribution in [0.1, 0.15) is 65.2 Å². The summed E-state index contributed by atoms with van der Waals surface area (Å²) in [6.45, 7) is 4.32. The molecule has 4 unspecified atom stereocenters. The number of hydrogen-bond donors (Lipinski definition) is 1. The fourth-order valence-corrected chi connectivity index (χ4v) is 4.56. The van der Waals surface area contributed by atoms with Crippen LogP contribution in [0, 0.1) is 5.41 Å². The molecule has 19 heavy (non-hydrogen) atoms. The van der Waals surface area contributed by atoms with Crippen LogP contribution in [0.25, 0.3) is 0 Å². The first kappa shape index (κ1) is 13.8. The van der Waals surface area contributed by atoms with Gasteiger partial charge >= 0.3 is 0 Å². The summed E-state index contributed by atoms with van der Waals surface area (Å²) in [4.78, 5) is 0. The van der Waals surface area contributed by atoms with E-state index in [1.165, 1.54) is 32.1 Å². The Hall–Kier alpha value is -0.120. The van der Waals surface area contributed by atoms with E-state index in [1.54, 1.807) is 0 Å². The van der Waals surface area contributed by atoms with E-state index in [1.807, 2.05) is 0 Å². The van der Waals surface area contributed by atoms with Crippen LogP contribution in [0.4, 0.5) is 0 Å². The average molecular weight is 267 g/mol. The van der Waals surface area contributed by atoms with Gasteiger partial charge in [-0.15, -0.1) is 0 Å². The minimum Gasteiger partial charge on any atom is -0.375 e. The Morgan fingerprint density at radius 1 is 1.00 bits per heavy atom. The second-order valence-corrected chi connectivity index (χ2v) is 7.11. The molecule has 4 atom stereocenters. The molecule has 3 heteroatoms. The molecule has 2 aliphatic carbocycles. The highest BCUT2D eigenvalue weighted by molar-refractivity contribution is 5.07. The Balaban J connectivity index is 1.60. The highest BCUT2D eigenvalue weighted by atomic mass is 16.5. The topological polar surface area (TPSA) is 44.5 Å². The smallest absolute Gasteiger partial charge is 0.0664 e. The van der Waals surface area contributed by atoms with Crippen LogP contribution in [0.3, 0.4) is 0 Å². The minimum absolute atomic E-state index is 0.322. The normalized spacial score (nSPS) is 45.9. The first-order valence-corrected chi connectivity index (χ1v) is 8.16. The molecule has 3 aliphatic rings. The van der Waals surface area contributed by atoms with Crippen molar-refractivity contribution in [3.8, 4) is 0 Å². The molecule has 0 bridgehead atoms. The lowest BCUT2D eigenvalue weighted by molar-refractivity contribution is -0.197. The molecule has 0 amide bonds. The Morgan fingerprint density at radius 3 is 2.21 bits per heavy atom. The Kier molecular flexibility index (Phi) is 3.89. The van der Waals surface area contributed by atoms with E-state index in [0.29, 0.717) is 35.9 Å². The Labute approximate surface area is 117 Å². The summed E-state index contributed by atoms with van der Waals surface area (Å²) in [5.41, 5.74) is 6.66. The van der Waals surface area contributed by atoms with E-state index in [4.69, 9.17) is 15.2 Å². The summed E-state index contributed by atoms with van der Waals surface area (Å²) in [5, 5.41) is 0. The van der Waals surface area contributed by atoms with Gasteiger partial charge in [0.15, 0.2) is 0 Å². The molecular weight excluding hydrogens is 238 g/mol. The fraction of sp³-hybridized carbons (Fsp3) is 1.00. The largest absolute Gasteiger partial charge is 0.375 e. The van der Waals surface area contributed by atoms with Crippen LogP contribution in [-0.2, 0) is 9.47 Å². The van der Waals surface area contributed by atoms with Gasteiger partial charge in [0.2, 0.25) is 0 Å². The summed E-state index contributed by atoms with van der Waals surface area (Å²) in [6, 6.07) is 0.382. The van der Waals surface area contributed by atoms with Gasteiger partial charge in [0.25, 0.3) is 0 Å². The zero-order chi connectivity index (χ0) is 13.5. The second-order valence-electron chi connectivity index (χ2n) is 7.11. The number of nitrogens with two attached hydrogens (primary N) is 1. The van der Waals surface area contributed by atoms with E-state index >= 15 is 0 Å². The predicted molar refractivity (Wildman–Crippen MR) is 76.0 cm³/mol. The monoisotopic (exact) mass is 267 g/mol. The molecule has 1 spiro atoms. The van der Waals surface area contributed by atoms with Gasteiger partial charge < -0.3 is 15.2 Å². The van der Waals surface area contributed by atoms with Crippen LogP contribution in [0.5, 0.6) is 0 Å². The summed E-state index contributed by atoms with van der Waals surface area (Å²) in [6.07, 6.45) is 11.3. The average Bonchev–Trinajstić information content (AvgIpc) is 2.38. The van der Waals surface area contributed by atoms with Gasteiger partial charge in [-0.05, 0) is 46.0 Å². The molecule has 3 fully saturated rings. The van der Waals surface area contributed by atoms with Crippen LogP contribution in [0.15, 0.2) is 0 Å². The van der Waals surface area contributed by atoms with Gasteiger partial charge in [0.05, 0.1) is 24.4 Å². The van der Waals surface area contributed by atoms with Gasteiger partial charge in [0, 0.05) is 11.5 Å². The maximum absolute atomic E-state index is 6.47. The predicted octanol–water partition coefficient (Wildman–Crippen LogP) is 3.01. The SMILES string of the molecule is CC1CC(OC2CC(N)C23CCCCC3)CC(C)O1. The maximum Gasteiger partial charge on any atom is 0.0664 e. The van der Waals surface area contributed by atoms with Crippen molar-refractivity contribution in [2.45, 2.75) is 95.7 Å². The number of ether oxygens (including phenoxy) is 2. The van der Waals surface area contributed by atoms with Gasteiger partial charge in [-0.2, -0.15) is 0 Å². The molecule has 1 heterocycles. The van der Waals surface area contributed by atoms with E-state index < -0.39 is 0 Å². The molecular formula is C16H29NO2. The van der Waals surface area contributed by atoms with Crippen LogP contribution in [0.2, 0.25) is 0 Å². The van der Waals surface area contributed by atoms with Crippen molar-refractivity contribution in [3.63, 3.8) is 0 Å². The molecule has 2 N–H and O–H groups in total. The molecule has 0 aromatic rings. The van der Waals surface area contributed by atoms with Crippen molar-refractivity contribution >= 4 is 0 Å². The van der Waals surface area contributed by atoms with E-state index in [-0.39, 0.29) is 0 Å². The van der Waals surface area contributed by atoms with Crippen molar-refractivity contribution in [2.75, 3.05) is 0 Å². The Bertz CT molecular complexity index is 304. The maximum atomic E-state index is 6.47. The van der Waals surface area contributed by atoms with E-state index in [0.717, 1.165) is 19.3 Å². The third-order valence-corrected chi connectivity index (χ3v) is 5.64. The molecule has 0 radical (unpaired) electrons. The van der Waals surface area contributed by atoms with Gasteiger partial charge in [0.1, 0.15) is 0 Å². The quantitative estimate of drug-likeness (QED) is 0.836. The summed E-state index contributed by atoms with van der Waals surface area (Å²) < 4.78 is 12.3. The van der Waals surface area contributed by atoms with E-state index in [9.17, 15) is 0 Å². The fourth-order valence-electron chi connectivity index (χ4n) is 4.56. The van der Waals surface area contributed by atoms with Crippen molar-refractivity contribution in [1.82, 2.24) is 0 Å². The summed E-state index contributed by atoms with van der Waals surface area (Å²) >= 11 is 0. The molecule has 110 valence electrons. The van der Waals surface area contributed by atoms with Crippen molar-refractivity contribution in [3.05, 3.63) is 0 Å². The highest BCUT2D eigenvalue weighted by Gasteiger charge is 2.54. The molecule has 1 aliphatic heterocycles. The molecule has 3 nitrogen and oxygen atoms in total. The minimum atomic E-state index is 0.322. The molecule has 0 aromatic heterocycles. The Morgan fingerprint density at radius 2 is 1.63 bits per heavy atom. The number of rotatable bonds is 2. The molecule has 0 aromatic carbocycles. The molecule has 1 saturated heterocycles. The molecule has 3 rings (SSSR count). The zero-order valence-electron chi connectivity index (χ0n) is 12.4. The first-order valence-electron chi connectivity index (χ1n) is 8.16. The van der Waals surface area contributed by atoms with Gasteiger partial charge in [-0.25, -0.2) is 0 Å². The van der Waals surface area contributed by atoms with Crippen molar-refractivity contribution in [1.29, 1.82) is 0 Å². The molecule has 2 saturated carbocycles.